The second-order valence-corrected chi connectivity index (χ2v) is 17.3. The molecule has 2 aromatic carbocycles. The molecule has 0 spiro atoms. The van der Waals surface area contributed by atoms with Crippen LogP contribution in [-0.2, 0) is 29.7 Å². The van der Waals surface area contributed by atoms with Crippen LogP contribution in [0.2, 0.25) is 0 Å². The minimum absolute atomic E-state index is 0.213. The van der Waals surface area contributed by atoms with E-state index in [1.165, 1.54) is 38.5 Å². The summed E-state index contributed by atoms with van der Waals surface area (Å²) in [4.78, 5) is 38.6. The van der Waals surface area contributed by atoms with Gasteiger partial charge in [-0.15, -0.1) is 0 Å². The second-order valence-electron chi connectivity index (χ2n) is 17.3. The number of carbonyl (C=O) groups excluding carboxylic acids is 2. The summed E-state index contributed by atoms with van der Waals surface area (Å²) in [6.45, 7) is 20.0. The van der Waals surface area contributed by atoms with E-state index in [-0.39, 0.29) is 23.0 Å². The Balaban J connectivity index is 0.000000157. The van der Waals surface area contributed by atoms with Crippen molar-refractivity contribution in [1.82, 2.24) is 9.97 Å². The predicted molar refractivity (Wildman–Crippen MR) is 200 cm³/mol. The first-order valence-corrected chi connectivity index (χ1v) is 18.6. The van der Waals surface area contributed by atoms with Gasteiger partial charge >= 0.3 is 7.12 Å². The Bertz CT molecular complexity index is 1790. The van der Waals surface area contributed by atoms with Crippen molar-refractivity contribution in [2.45, 2.75) is 123 Å². The van der Waals surface area contributed by atoms with E-state index in [2.05, 4.69) is 74.1 Å². The van der Waals surface area contributed by atoms with Gasteiger partial charge in [-0.25, -0.2) is 9.97 Å². The molecule has 3 fully saturated rings. The minimum Gasteiger partial charge on any atom is -0.399 e. The smallest absolute Gasteiger partial charge is 0.399 e. The van der Waals surface area contributed by atoms with Crippen LogP contribution in [0, 0.1) is 18.8 Å². The van der Waals surface area contributed by atoms with Crippen LogP contribution in [0.5, 0.6) is 0 Å². The number of benzene rings is 2. The van der Waals surface area contributed by atoms with E-state index in [1.54, 1.807) is 0 Å². The fourth-order valence-corrected chi connectivity index (χ4v) is 7.78. The zero-order valence-electron chi connectivity index (χ0n) is 31.4. The van der Waals surface area contributed by atoms with Crippen molar-refractivity contribution in [3.63, 3.8) is 0 Å². The number of aromatic nitrogens is 2. The molecule has 3 aromatic rings. The van der Waals surface area contributed by atoms with Crippen molar-refractivity contribution in [2.24, 2.45) is 11.8 Å². The highest BCUT2D eigenvalue weighted by molar-refractivity contribution is 6.62. The topological polar surface area (TPSA) is 84.9 Å². The van der Waals surface area contributed by atoms with Gasteiger partial charge in [0.15, 0.2) is 0 Å². The summed E-state index contributed by atoms with van der Waals surface area (Å²) in [5.41, 5.74) is 5.76. The van der Waals surface area contributed by atoms with E-state index in [1.807, 2.05) is 56.8 Å². The standard InChI is InChI=1S/C21H30BNO3.C20H23N3O/c1-19(2)16-11-10-15(22-25-20(3,4)21(5,6)26-22)12-17(16)23(18(19)24)13-14-8-7-9-14;1-13-21-10-16(11-22-13)15-7-8-17-18(9-15)23(12-14-5-4-6-14)19(24)20(17,2)3/h10-12,14H,7-9,13H2,1-6H3;7-11,14H,4-6,12H2,1-3H3. The zero-order chi connectivity index (χ0) is 35.8. The molecule has 0 atom stereocenters. The van der Waals surface area contributed by atoms with Crippen LogP contribution < -0.4 is 15.3 Å². The first-order chi connectivity index (χ1) is 23.5. The van der Waals surface area contributed by atoms with Crippen LogP contribution in [0.25, 0.3) is 11.1 Å². The Morgan fingerprint density at radius 2 is 1.14 bits per heavy atom. The van der Waals surface area contributed by atoms with Crippen molar-refractivity contribution >= 4 is 35.8 Å². The maximum Gasteiger partial charge on any atom is 0.494 e. The molecular weight excluding hydrogens is 623 g/mol. The van der Waals surface area contributed by atoms with Gasteiger partial charge in [-0.1, -0.05) is 37.1 Å². The Hall–Kier alpha value is -3.56. The molecule has 8 rings (SSSR count). The highest BCUT2D eigenvalue weighted by Crippen LogP contribution is 2.46. The first kappa shape index (κ1) is 34.9. The number of rotatable bonds is 6. The molecule has 0 bridgehead atoms. The van der Waals surface area contributed by atoms with E-state index in [0.717, 1.165) is 58.0 Å². The highest BCUT2D eigenvalue weighted by atomic mass is 16.7. The van der Waals surface area contributed by atoms with E-state index in [4.69, 9.17) is 9.31 Å². The summed E-state index contributed by atoms with van der Waals surface area (Å²) >= 11 is 0. The molecule has 4 heterocycles. The van der Waals surface area contributed by atoms with E-state index in [0.29, 0.717) is 11.8 Å². The van der Waals surface area contributed by atoms with Crippen molar-refractivity contribution < 1.29 is 18.9 Å². The SMILES string of the molecule is CC1(C)C(=O)N(CC2CCC2)c2cc(B3OC(C)(C)C(C)(C)O3)ccc21.Cc1ncc(-c2ccc3c(c2)N(CC2CCC2)C(=O)C3(C)C)cn1. The quantitative estimate of drug-likeness (QED) is 0.255. The summed E-state index contributed by atoms with van der Waals surface area (Å²) in [6, 6.07) is 12.6. The summed E-state index contributed by atoms with van der Waals surface area (Å²) in [5, 5.41) is 0. The molecule has 50 heavy (non-hydrogen) atoms. The molecule has 1 saturated heterocycles. The van der Waals surface area contributed by atoms with Crippen molar-refractivity contribution in [3.8, 4) is 11.1 Å². The van der Waals surface area contributed by atoms with Gasteiger partial charge in [-0.05, 0) is 134 Å². The molecule has 8 nitrogen and oxygen atoms in total. The number of aryl methyl sites for hydroxylation is 1. The summed E-state index contributed by atoms with van der Waals surface area (Å²) in [5.74, 6) is 2.50. The molecule has 264 valence electrons. The maximum atomic E-state index is 13.1. The largest absolute Gasteiger partial charge is 0.494 e. The van der Waals surface area contributed by atoms with Gasteiger partial charge in [0.05, 0.1) is 22.0 Å². The van der Waals surface area contributed by atoms with Gasteiger partial charge in [0.1, 0.15) is 5.82 Å². The van der Waals surface area contributed by atoms with Crippen LogP contribution >= 0.6 is 0 Å². The minimum atomic E-state index is -0.465. The molecule has 2 aliphatic carbocycles. The maximum absolute atomic E-state index is 13.1. The number of fused-ring (bicyclic) bond motifs is 2. The molecule has 0 N–H and O–H groups in total. The molecule has 2 saturated carbocycles. The third-order valence-electron chi connectivity index (χ3n) is 12.5. The van der Waals surface area contributed by atoms with E-state index in [9.17, 15) is 9.59 Å². The van der Waals surface area contributed by atoms with Crippen molar-refractivity contribution in [3.05, 3.63) is 65.7 Å². The lowest BCUT2D eigenvalue weighted by atomic mass is 9.77. The third-order valence-corrected chi connectivity index (χ3v) is 12.5. The van der Waals surface area contributed by atoms with Crippen molar-refractivity contribution in [2.75, 3.05) is 22.9 Å². The number of nitrogens with zero attached hydrogens (tertiary/aromatic N) is 4. The Morgan fingerprint density at radius 1 is 0.680 bits per heavy atom. The molecular formula is C41H53BN4O4. The van der Waals surface area contributed by atoms with Gasteiger partial charge < -0.3 is 19.1 Å². The first-order valence-electron chi connectivity index (χ1n) is 18.6. The second kappa shape index (κ2) is 12.3. The molecule has 9 heteroatoms. The Labute approximate surface area is 298 Å². The molecule has 0 unspecified atom stereocenters. The number of hydrogen-bond donors (Lipinski definition) is 0. The van der Waals surface area contributed by atoms with E-state index < -0.39 is 17.9 Å². The summed E-state index contributed by atoms with van der Waals surface area (Å²) in [6.07, 6.45) is 11.2. The van der Waals surface area contributed by atoms with Gasteiger partial charge in [0.2, 0.25) is 11.8 Å². The van der Waals surface area contributed by atoms with E-state index >= 15 is 0 Å². The van der Waals surface area contributed by atoms with Crippen LogP contribution in [0.3, 0.4) is 0 Å². The fourth-order valence-electron chi connectivity index (χ4n) is 7.78. The highest BCUT2D eigenvalue weighted by Gasteiger charge is 2.53. The van der Waals surface area contributed by atoms with Gasteiger partial charge in [0.25, 0.3) is 0 Å². The van der Waals surface area contributed by atoms with Gasteiger partial charge in [-0.3, -0.25) is 9.59 Å². The van der Waals surface area contributed by atoms with Crippen LogP contribution in [0.4, 0.5) is 11.4 Å². The fraction of sp³-hybridized carbons (Fsp3) is 0.561. The van der Waals surface area contributed by atoms with Crippen LogP contribution in [-0.4, -0.2) is 53.2 Å². The number of amides is 2. The van der Waals surface area contributed by atoms with Gasteiger partial charge in [-0.2, -0.15) is 0 Å². The molecule has 3 aliphatic heterocycles. The zero-order valence-corrected chi connectivity index (χ0v) is 31.4. The van der Waals surface area contributed by atoms with Crippen molar-refractivity contribution in [1.29, 1.82) is 0 Å². The Morgan fingerprint density at radius 3 is 1.60 bits per heavy atom. The molecule has 5 aliphatic rings. The molecule has 1 aromatic heterocycles. The Kier molecular flexibility index (Phi) is 8.58. The van der Waals surface area contributed by atoms with Crippen LogP contribution in [0.1, 0.15) is 111 Å². The number of anilines is 2. The predicted octanol–water partition coefficient (Wildman–Crippen LogP) is 7.29. The normalized spacial score (nSPS) is 22.9. The van der Waals surface area contributed by atoms with Gasteiger partial charge in [0, 0.05) is 42.4 Å². The molecule has 2 amide bonds. The number of hydrogen-bond acceptors (Lipinski definition) is 6. The van der Waals surface area contributed by atoms with Crippen LogP contribution in [0.15, 0.2) is 48.8 Å². The average molecular weight is 677 g/mol. The summed E-state index contributed by atoms with van der Waals surface area (Å²) < 4.78 is 12.4. The monoisotopic (exact) mass is 676 g/mol. The lowest BCUT2D eigenvalue weighted by molar-refractivity contribution is -0.123. The summed E-state index contributed by atoms with van der Waals surface area (Å²) in [7, 11) is -0.394. The third kappa shape index (κ3) is 5.88. The average Bonchev–Trinajstić information content (AvgIpc) is 3.45. The number of carbonyl (C=O) groups is 2. The lowest BCUT2D eigenvalue weighted by Crippen LogP contribution is -2.41. The molecule has 0 radical (unpaired) electrons. The lowest BCUT2D eigenvalue weighted by Gasteiger charge is -2.32.